The number of anilines is 2. The maximum atomic E-state index is 12.0. The first kappa shape index (κ1) is 15.7. The molecule has 0 atom stereocenters. The largest absolute Gasteiger partial charge is 0.321 e. The third kappa shape index (κ3) is 3.68. The van der Waals surface area contributed by atoms with Gasteiger partial charge in [-0.15, -0.1) is 5.10 Å². The predicted octanol–water partition coefficient (Wildman–Crippen LogP) is 0.851. The van der Waals surface area contributed by atoms with E-state index < -0.39 is 0 Å². The number of hydrogen-bond donors (Lipinski definition) is 3. The van der Waals surface area contributed by atoms with Gasteiger partial charge in [0.1, 0.15) is 6.54 Å². The molecule has 0 unspecified atom stereocenters. The van der Waals surface area contributed by atoms with Gasteiger partial charge in [-0.25, -0.2) is 4.68 Å². The summed E-state index contributed by atoms with van der Waals surface area (Å²) in [6.45, 7) is 7.18. The number of rotatable bonds is 5. The number of nitrogens with zero attached hydrogens (tertiary/aromatic N) is 4. The molecule has 9 heteroatoms. The first-order valence-corrected chi connectivity index (χ1v) is 6.89. The normalized spacial score (nSPS) is 10.8. The van der Waals surface area contributed by atoms with Crippen LogP contribution in [0.3, 0.4) is 0 Å². The Labute approximate surface area is 127 Å². The molecular weight excluding hydrogens is 286 g/mol. The number of carbonyl (C=O) groups excluding carboxylic acids is 2. The molecule has 0 saturated carbocycles. The highest BCUT2D eigenvalue weighted by atomic mass is 16.2. The first-order valence-electron chi connectivity index (χ1n) is 6.89. The minimum Gasteiger partial charge on any atom is -0.321 e. The van der Waals surface area contributed by atoms with Crippen LogP contribution in [-0.4, -0.2) is 37.0 Å². The number of aromatic nitrogens is 5. The van der Waals surface area contributed by atoms with Gasteiger partial charge in [0.05, 0.1) is 23.3 Å². The van der Waals surface area contributed by atoms with E-state index in [2.05, 4.69) is 31.1 Å². The van der Waals surface area contributed by atoms with Gasteiger partial charge in [-0.2, -0.15) is 5.10 Å². The summed E-state index contributed by atoms with van der Waals surface area (Å²) in [6.07, 6.45) is 1.51. The molecule has 0 bridgehead atoms. The Morgan fingerprint density at radius 1 is 1.32 bits per heavy atom. The maximum absolute atomic E-state index is 12.0. The minimum atomic E-state index is -0.251. The monoisotopic (exact) mass is 305 g/mol. The van der Waals surface area contributed by atoms with E-state index >= 15 is 0 Å². The molecule has 2 aromatic rings. The van der Waals surface area contributed by atoms with Crippen LogP contribution in [0, 0.1) is 19.8 Å². The number of nitrogens with one attached hydrogen (secondary N) is 3. The molecule has 2 amide bonds. The molecule has 0 aliphatic heterocycles. The summed E-state index contributed by atoms with van der Waals surface area (Å²) in [5.74, 6) is -0.233. The Morgan fingerprint density at radius 3 is 2.64 bits per heavy atom. The van der Waals surface area contributed by atoms with E-state index in [-0.39, 0.29) is 24.3 Å². The smallest absolute Gasteiger partial charge is 0.246 e. The molecule has 0 saturated heterocycles. The topological polar surface area (TPSA) is 118 Å². The van der Waals surface area contributed by atoms with Gasteiger partial charge in [-0.1, -0.05) is 19.1 Å². The van der Waals surface area contributed by atoms with Crippen LogP contribution in [0.25, 0.3) is 0 Å². The number of carbonyl (C=O) groups is 2. The molecule has 2 aromatic heterocycles. The molecule has 2 rings (SSSR count). The zero-order valence-corrected chi connectivity index (χ0v) is 13.0. The van der Waals surface area contributed by atoms with Gasteiger partial charge in [-0.3, -0.25) is 14.7 Å². The summed E-state index contributed by atoms with van der Waals surface area (Å²) >= 11 is 0. The van der Waals surface area contributed by atoms with E-state index in [1.807, 2.05) is 6.92 Å². The highest BCUT2D eigenvalue weighted by molar-refractivity contribution is 5.92. The lowest BCUT2D eigenvalue weighted by Gasteiger charge is -2.05. The van der Waals surface area contributed by atoms with E-state index in [9.17, 15) is 9.59 Å². The quantitative estimate of drug-likeness (QED) is 0.757. The van der Waals surface area contributed by atoms with Gasteiger partial charge in [0.2, 0.25) is 11.8 Å². The van der Waals surface area contributed by atoms with E-state index in [1.54, 1.807) is 20.8 Å². The van der Waals surface area contributed by atoms with Crippen molar-refractivity contribution in [1.29, 1.82) is 0 Å². The summed E-state index contributed by atoms with van der Waals surface area (Å²) in [7, 11) is 0. The summed E-state index contributed by atoms with van der Waals surface area (Å²) in [6, 6.07) is 0. The lowest BCUT2D eigenvalue weighted by atomic mass is 10.2. The van der Waals surface area contributed by atoms with Crippen molar-refractivity contribution in [1.82, 2.24) is 25.2 Å². The van der Waals surface area contributed by atoms with Gasteiger partial charge in [-0.05, 0) is 13.8 Å². The van der Waals surface area contributed by atoms with Crippen LogP contribution in [0.15, 0.2) is 6.20 Å². The Kier molecular flexibility index (Phi) is 4.54. The van der Waals surface area contributed by atoms with E-state index in [0.29, 0.717) is 17.2 Å². The average molecular weight is 305 g/mol. The van der Waals surface area contributed by atoms with E-state index in [0.717, 1.165) is 5.69 Å². The third-order valence-corrected chi connectivity index (χ3v) is 3.01. The molecular formula is C13H19N7O2. The van der Waals surface area contributed by atoms with Crippen molar-refractivity contribution < 1.29 is 9.59 Å². The van der Waals surface area contributed by atoms with E-state index in [4.69, 9.17) is 0 Å². The highest BCUT2D eigenvalue weighted by Crippen LogP contribution is 2.15. The van der Waals surface area contributed by atoms with Crippen molar-refractivity contribution >= 4 is 23.3 Å². The van der Waals surface area contributed by atoms with Crippen molar-refractivity contribution in [2.75, 3.05) is 10.6 Å². The lowest BCUT2D eigenvalue weighted by molar-refractivity contribution is -0.119. The molecule has 118 valence electrons. The molecule has 0 aliphatic rings. The van der Waals surface area contributed by atoms with Gasteiger partial charge in [0.15, 0.2) is 5.82 Å². The molecule has 0 radical (unpaired) electrons. The Morgan fingerprint density at radius 2 is 2.05 bits per heavy atom. The molecule has 9 nitrogen and oxygen atoms in total. The first-order chi connectivity index (χ1) is 10.4. The SMILES string of the molecule is Cc1n[nH]c(C)c1NC(=O)Cn1cc(NC(=O)C(C)C)nn1. The summed E-state index contributed by atoms with van der Waals surface area (Å²) < 4.78 is 1.36. The number of H-pyrrole nitrogens is 1. The molecule has 0 spiro atoms. The Hall–Kier alpha value is -2.71. The van der Waals surface area contributed by atoms with Crippen LogP contribution in [-0.2, 0) is 16.1 Å². The van der Waals surface area contributed by atoms with Crippen LogP contribution in [0.4, 0.5) is 11.5 Å². The Balaban J connectivity index is 1.95. The summed E-state index contributed by atoms with van der Waals surface area (Å²) in [4.78, 5) is 23.5. The number of aromatic amines is 1. The Bertz CT molecular complexity index is 667. The fourth-order valence-corrected chi connectivity index (χ4v) is 1.76. The fourth-order valence-electron chi connectivity index (χ4n) is 1.76. The van der Waals surface area contributed by atoms with Crippen LogP contribution in [0.1, 0.15) is 25.2 Å². The predicted molar refractivity (Wildman–Crippen MR) is 80.2 cm³/mol. The number of hydrogen-bond acceptors (Lipinski definition) is 5. The van der Waals surface area contributed by atoms with Crippen LogP contribution < -0.4 is 10.6 Å². The zero-order valence-electron chi connectivity index (χ0n) is 13.0. The second-order valence-electron chi connectivity index (χ2n) is 5.30. The van der Waals surface area contributed by atoms with Crippen LogP contribution >= 0.6 is 0 Å². The van der Waals surface area contributed by atoms with Crippen LogP contribution in [0.5, 0.6) is 0 Å². The highest BCUT2D eigenvalue weighted by Gasteiger charge is 2.13. The van der Waals surface area contributed by atoms with E-state index in [1.165, 1.54) is 10.9 Å². The molecule has 3 N–H and O–H groups in total. The standard InChI is InChI=1S/C13H19N7O2/c1-7(2)13(22)14-10-5-20(19-18-10)6-11(21)15-12-8(3)16-17-9(12)4/h5,7H,6H2,1-4H3,(H,14,22)(H,15,21)(H,16,17). The second-order valence-corrected chi connectivity index (χ2v) is 5.30. The molecule has 0 aliphatic carbocycles. The van der Waals surface area contributed by atoms with Crippen molar-refractivity contribution in [3.05, 3.63) is 17.6 Å². The lowest BCUT2D eigenvalue weighted by Crippen LogP contribution is -2.20. The van der Waals surface area contributed by atoms with Gasteiger partial charge in [0, 0.05) is 5.92 Å². The molecule has 22 heavy (non-hydrogen) atoms. The van der Waals surface area contributed by atoms with Crippen molar-refractivity contribution in [2.45, 2.75) is 34.2 Å². The van der Waals surface area contributed by atoms with Crippen molar-refractivity contribution in [2.24, 2.45) is 5.92 Å². The van der Waals surface area contributed by atoms with Gasteiger partial charge < -0.3 is 10.6 Å². The maximum Gasteiger partial charge on any atom is 0.246 e. The van der Waals surface area contributed by atoms with Crippen molar-refractivity contribution in [3.8, 4) is 0 Å². The molecule has 2 heterocycles. The van der Waals surface area contributed by atoms with Gasteiger partial charge >= 0.3 is 0 Å². The average Bonchev–Trinajstić information content (AvgIpc) is 3.00. The molecule has 0 fully saturated rings. The van der Waals surface area contributed by atoms with Crippen LogP contribution in [0.2, 0.25) is 0 Å². The third-order valence-electron chi connectivity index (χ3n) is 3.01. The second kappa shape index (κ2) is 6.37. The summed E-state index contributed by atoms with van der Waals surface area (Å²) in [5.41, 5.74) is 2.17. The van der Waals surface area contributed by atoms with Crippen molar-refractivity contribution in [3.63, 3.8) is 0 Å². The minimum absolute atomic E-state index is 0.00535. The molecule has 0 aromatic carbocycles. The number of amides is 2. The number of aryl methyl sites for hydroxylation is 2. The fraction of sp³-hybridized carbons (Fsp3) is 0.462. The summed E-state index contributed by atoms with van der Waals surface area (Å²) in [5, 5.41) is 19.8. The van der Waals surface area contributed by atoms with Gasteiger partial charge in [0.25, 0.3) is 0 Å². The zero-order chi connectivity index (χ0) is 16.3.